The van der Waals surface area contributed by atoms with Gasteiger partial charge in [0.1, 0.15) is 5.84 Å². The van der Waals surface area contributed by atoms with E-state index in [9.17, 15) is 0 Å². The van der Waals surface area contributed by atoms with Crippen LogP contribution in [0.1, 0.15) is 96.4 Å². The first-order chi connectivity index (χ1) is 14.4. The van der Waals surface area contributed by atoms with Crippen molar-refractivity contribution in [3.8, 4) is 0 Å². The molecule has 0 atom stereocenters. The summed E-state index contributed by atoms with van der Waals surface area (Å²) in [6.45, 7) is 17.7. The lowest BCUT2D eigenvalue weighted by Crippen LogP contribution is -2.45. The quantitative estimate of drug-likeness (QED) is 0.385. The summed E-state index contributed by atoms with van der Waals surface area (Å²) in [7, 11) is 2.10. The number of nitrogens with one attached hydrogen (secondary N) is 1. The third-order valence-electron chi connectivity index (χ3n) is 6.17. The molecule has 2 aromatic rings. The maximum absolute atomic E-state index is 8.71. The van der Waals surface area contributed by atoms with E-state index in [0.29, 0.717) is 11.8 Å². The van der Waals surface area contributed by atoms with E-state index in [1.54, 1.807) is 0 Å². The SMILES string of the molecule is CCCC(C)(C)N(C)/C(=N\C(=N)c1ccc(C(C)C)cc1)c1ccc(C(C)(C)C)cc1. The standard InChI is InChI=1S/C28H41N3/c1-10-19-28(7,8)31(9)26(23-15-17-24(18-16-23)27(4,5)6)30-25(29)22-13-11-21(12-14-22)20(2)3/h11-18,20,29H,10,19H2,1-9H3/b29-25?,30-26-. The zero-order valence-corrected chi connectivity index (χ0v) is 21.0. The smallest absolute Gasteiger partial charge is 0.154 e. The molecular formula is C28H41N3. The molecule has 2 rings (SSSR count). The zero-order valence-electron chi connectivity index (χ0n) is 21.0. The van der Waals surface area contributed by atoms with Gasteiger partial charge in [-0.2, -0.15) is 0 Å². The first-order valence-corrected chi connectivity index (χ1v) is 11.5. The minimum Gasteiger partial charge on any atom is -0.354 e. The number of rotatable bonds is 6. The zero-order chi connectivity index (χ0) is 23.4. The van der Waals surface area contributed by atoms with Crippen LogP contribution in [0.5, 0.6) is 0 Å². The van der Waals surface area contributed by atoms with Crippen molar-refractivity contribution in [1.82, 2.24) is 4.90 Å². The molecule has 2 aromatic carbocycles. The Balaban J connectivity index is 2.49. The van der Waals surface area contributed by atoms with Crippen molar-refractivity contribution >= 4 is 11.7 Å². The molecule has 0 aliphatic rings. The van der Waals surface area contributed by atoms with E-state index in [-0.39, 0.29) is 11.0 Å². The van der Waals surface area contributed by atoms with Crippen molar-refractivity contribution in [3.05, 3.63) is 70.8 Å². The summed E-state index contributed by atoms with van der Waals surface area (Å²) in [4.78, 5) is 7.09. The topological polar surface area (TPSA) is 39.5 Å². The summed E-state index contributed by atoms with van der Waals surface area (Å²) in [6.07, 6.45) is 2.15. The third kappa shape index (κ3) is 6.29. The van der Waals surface area contributed by atoms with Gasteiger partial charge in [0.05, 0.1) is 0 Å². The van der Waals surface area contributed by atoms with Gasteiger partial charge in [0.2, 0.25) is 0 Å². The average Bonchev–Trinajstić information content (AvgIpc) is 2.70. The van der Waals surface area contributed by atoms with Gasteiger partial charge in [0, 0.05) is 23.7 Å². The van der Waals surface area contributed by atoms with Gasteiger partial charge in [-0.05, 0) is 42.7 Å². The molecule has 3 heteroatoms. The highest BCUT2D eigenvalue weighted by molar-refractivity contribution is 6.10. The van der Waals surface area contributed by atoms with E-state index >= 15 is 0 Å². The Kier molecular flexibility index (Phi) is 7.86. The van der Waals surface area contributed by atoms with Crippen LogP contribution in [-0.4, -0.2) is 29.2 Å². The number of aliphatic imine (C=N–C) groups is 1. The minimum absolute atomic E-state index is 0.0575. The third-order valence-corrected chi connectivity index (χ3v) is 6.17. The van der Waals surface area contributed by atoms with Crippen LogP contribution in [-0.2, 0) is 5.41 Å². The molecule has 0 amide bonds. The molecule has 168 valence electrons. The summed E-state index contributed by atoms with van der Waals surface area (Å²) in [6, 6.07) is 16.9. The summed E-state index contributed by atoms with van der Waals surface area (Å²) in [5, 5.41) is 8.71. The van der Waals surface area contributed by atoms with Crippen molar-refractivity contribution in [2.24, 2.45) is 4.99 Å². The van der Waals surface area contributed by atoms with Crippen molar-refractivity contribution in [2.45, 2.75) is 85.1 Å². The molecule has 0 aliphatic carbocycles. The summed E-state index contributed by atoms with van der Waals surface area (Å²) >= 11 is 0. The average molecular weight is 420 g/mol. The van der Waals surface area contributed by atoms with E-state index < -0.39 is 0 Å². The molecule has 0 bridgehead atoms. The van der Waals surface area contributed by atoms with Gasteiger partial charge in [-0.15, -0.1) is 0 Å². The maximum Gasteiger partial charge on any atom is 0.154 e. The molecule has 0 aromatic heterocycles. The van der Waals surface area contributed by atoms with Gasteiger partial charge in [0.25, 0.3) is 0 Å². The molecule has 0 radical (unpaired) electrons. The van der Waals surface area contributed by atoms with E-state index in [1.165, 1.54) is 11.1 Å². The largest absolute Gasteiger partial charge is 0.354 e. The number of nitrogens with zero attached hydrogens (tertiary/aromatic N) is 2. The van der Waals surface area contributed by atoms with Gasteiger partial charge < -0.3 is 4.90 Å². The first-order valence-electron chi connectivity index (χ1n) is 11.5. The molecular weight excluding hydrogens is 378 g/mol. The minimum atomic E-state index is -0.0575. The number of hydrogen-bond donors (Lipinski definition) is 1. The second-order valence-corrected chi connectivity index (χ2v) is 10.5. The molecule has 0 saturated heterocycles. The second kappa shape index (κ2) is 9.80. The molecule has 0 heterocycles. The predicted molar refractivity (Wildman–Crippen MR) is 136 cm³/mol. The lowest BCUT2D eigenvalue weighted by molar-refractivity contribution is 0.236. The Morgan fingerprint density at radius 1 is 0.903 bits per heavy atom. The highest BCUT2D eigenvalue weighted by Gasteiger charge is 2.27. The highest BCUT2D eigenvalue weighted by Crippen LogP contribution is 2.26. The van der Waals surface area contributed by atoms with Gasteiger partial charge in [-0.1, -0.05) is 96.5 Å². The molecule has 0 fully saturated rings. The predicted octanol–water partition coefficient (Wildman–Crippen LogP) is 7.39. The summed E-state index contributed by atoms with van der Waals surface area (Å²) in [5.41, 5.74) is 4.51. The summed E-state index contributed by atoms with van der Waals surface area (Å²) in [5.74, 6) is 1.62. The maximum atomic E-state index is 8.71. The van der Waals surface area contributed by atoms with Crippen molar-refractivity contribution in [3.63, 3.8) is 0 Å². The van der Waals surface area contributed by atoms with Crippen LogP contribution in [0, 0.1) is 5.41 Å². The fourth-order valence-corrected chi connectivity index (χ4v) is 3.72. The van der Waals surface area contributed by atoms with Crippen LogP contribution in [0.25, 0.3) is 0 Å². The Bertz CT molecular complexity index is 895. The fourth-order valence-electron chi connectivity index (χ4n) is 3.72. The van der Waals surface area contributed by atoms with Gasteiger partial charge in [-0.3, -0.25) is 5.41 Å². The lowest BCUT2D eigenvalue weighted by Gasteiger charge is -2.38. The molecule has 0 aliphatic heterocycles. The number of benzene rings is 2. The normalized spacial score (nSPS) is 12.9. The molecule has 1 N–H and O–H groups in total. The molecule has 3 nitrogen and oxygen atoms in total. The summed E-state index contributed by atoms with van der Waals surface area (Å²) < 4.78 is 0. The molecule has 0 unspecified atom stereocenters. The Morgan fingerprint density at radius 2 is 1.42 bits per heavy atom. The van der Waals surface area contributed by atoms with E-state index in [1.807, 2.05) is 12.1 Å². The van der Waals surface area contributed by atoms with Crippen LogP contribution in [0.3, 0.4) is 0 Å². The molecule has 0 saturated carbocycles. The van der Waals surface area contributed by atoms with Crippen molar-refractivity contribution in [1.29, 1.82) is 5.41 Å². The van der Waals surface area contributed by atoms with Crippen LogP contribution >= 0.6 is 0 Å². The van der Waals surface area contributed by atoms with Crippen LogP contribution in [0.4, 0.5) is 0 Å². The fraction of sp³-hybridized carbons (Fsp3) is 0.500. The Morgan fingerprint density at radius 3 is 1.87 bits per heavy atom. The monoisotopic (exact) mass is 419 g/mol. The Hall–Kier alpha value is -2.42. The Labute approximate surface area is 190 Å². The van der Waals surface area contributed by atoms with Gasteiger partial charge >= 0.3 is 0 Å². The molecule has 0 spiro atoms. The van der Waals surface area contributed by atoms with E-state index in [0.717, 1.165) is 29.8 Å². The molecule has 31 heavy (non-hydrogen) atoms. The first kappa shape index (κ1) is 24.8. The van der Waals surface area contributed by atoms with Crippen LogP contribution in [0.2, 0.25) is 0 Å². The van der Waals surface area contributed by atoms with Crippen molar-refractivity contribution < 1.29 is 0 Å². The number of amidine groups is 2. The van der Waals surface area contributed by atoms with Crippen LogP contribution in [0.15, 0.2) is 53.5 Å². The van der Waals surface area contributed by atoms with E-state index in [4.69, 9.17) is 10.4 Å². The number of hydrogen-bond acceptors (Lipinski definition) is 1. The highest BCUT2D eigenvalue weighted by atomic mass is 15.2. The second-order valence-electron chi connectivity index (χ2n) is 10.5. The van der Waals surface area contributed by atoms with Crippen LogP contribution < -0.4 is 0 Å². The van der Waals surface area contributed by atoms with Crippen molar-refractivity contribution in [2.75, 3.05) is 7.05 Å². The van der Waals surface area contributed by atoms with Gasteiger partial charge in [0.15, 0.2) is 5.84 Å². The lowest BCUT2D eigenvalue weighted by atomic mass is 9.86. The van der Waals surface area contributed by atoms with Gasteiger partial charge in [-0.25, -0.2) is 4.99 Å². The van der Waals surface area contributed by atoms with E-state index in [2.05, 4.69) is 104 Å².